The summed E-state index contributed by atoms with van der Waals surface area (Å²) in [7, 11) is 0. The van der Waals surface area contributed by atoms with Crippen LogP contribution in [0.25, 0.3) is 11.3 Å². The maximum Gasteiger partial charge on any atom is 0.278 e. The number of hydrogen-bond donors (Lipinski definition) is 3. The first kappa shape index (κ1) is 24.2. The predicted molar refractivity (Wildman–Crippen MR) is 132 cm³/mol. The number of aromatic amines is 1. The fraction of sp³-hybridized carbons (Fsp3) is 0.292. The molecule has 0 bridgehead atoms. The van der Waals surface area contributed by atoms with E-state index < -0.39 is 10.8 Å². The minimum Gasteiger partial charge on any atom is -0.325 e. The molecule has 0 aliphatic carbocycles. The monoisotopic (exact) mass is 465 g/mol. The van der Waals surface area contributed by atoms with E-state index in [0.717, 1.165) is 34.1 Å². The minimum atomic E-state index is -0.514. The number of carbonyl (C=O) groups is 2. The lowest BCUT2D eigenvalue weighted by atomic mass is 10.1. The van der Waals surface area contributed by atoms with Gasteiger partial charge < -0.3 is 10.6 Å². The average Bonchev–Trinajstić information content (AvgIpc) is 2.77. The summed E-state index contributed by atoms with van der Waals surface area (Å²) in [4.78, 5) is 40.0. The van der Waals surface area contributed by atoms with Gasteiger partial charge in [0.25, 0.3) is 5.56 Å². The third-order valence-corrected chi connectivity index (χ3v) is 5.97. The van der Waals surface area contributed by atoms with Crippen molar-refractivity contribution in [3.05, 3.63) is 63.4 Å². The molecule has 0 saturated heterocycles. The van der Waals surface area contributed by atoms with Gasteiger partial charge in [0, 0.05) is 17.7 Å². The van der Waals surface area contributed by atoms with Gasteiger partial charge in [-0.05, 0) is 51.5 Å². The molecule has 172 valence electrons. The minimum absolute atomic E-state index is 0.0989. The quantitative estimate of drug-likeness (QED) is 0.450. The van der Waals surface area contributed by atoms with E-state index in [0.29, 0.717) is 17.7 Å². The highest BCUT2D eigenvalue weighted by atomic mass is 32.2. The summed E-state index contributed by atoms with van der Waals surface area (Å²) in [5.41, 5.74) is 4.38. The number of rotatable bonds is 7. The molecule has 1 atom stereocenters. The van der Waals surface area contributed by atoms with Gasteiger partial charge in [0.1, 0.15) is 0 Å². The van der Waals surface area contributed by atoms with Gasteiger partial charge in [-0.2, -0.15) is 0 Å². The lowest BCUT2D eigenvalue weighted by molar-refractivity contribution is -0.116. The molecular formula is C24H27N5O3S. The average molecular weight is 466 g/mol. The molecule has 0 fully saturated rings. The maximum atomic E-state index is 12.8. The summed E-state index contributed by atoms with van der Waals surface area (Å²) >= 11 is 1.11. The van der Waals surface area contributed by atoms with Crippen molar-refractivity contribution < 1.29 is 9.59 Å². The van der Waals surface area contributed by atoms with E-state index in [2.05, 4.69) is 25.8 Å². The number of amides is 2. The summed E-state index contributed by atoms with van der Waals surface area (Å²) in [6, 6.07) is 11.2. The van der Waals surface area contributed by atoms with Crippen LogP contribution in [0.1, 0.15) is 37.0 Å². The highest BCUT2D eigenvalue weighted by molar-refractivity contribution is 8.00. The number of nitrogens with one attached hydrogen (secondary N) is 3. The van der Waals surface area contributed by atoms with Crippen LogP contribution in [0.4, 0.5) is 11.4 Å². The van der Waals surface area contributed by atoms with Crippen LogP contribution in [0.2, 0.25) is 0 Å². The third kappa shape index (κ3) is 6.07. The number of anilines is 2. The Balaban J connectivity index is 1.78. The first-order chi connectivity index (χ1) is 15.7. The van der Waals surface area contributed by atoms with Crippen molar-refractivity contribution in [3.8, 4) is 11.3 Å². The highest BCUT2D eigenvalue weighted by Gasteiger charge is 2.19. The number of benzene rings is 2. The summed E-state index contributed by atoms with van der Waals surface area (Å²) in [5, 5.41) is 13.6. The van der Waals surface area contributed by atoms with E-state index >= 15 is 0 Å². The number of carbonyl (C=O) groups excluding carboxylic acids is 2. The van der Waals surface area contributed by atoms with Gasteiger partial charge in [0.05, 0.1) is 10.9 Å². The molecule has 9 heteroatoms. The van der Waals surface area contributed by atoms with E-state index in [1.807, 2.05) is 45.0 Å². The van der Waals surface area contributed by atoms with Gasteiger partial charge >= 0.3 is 0 Å². The van der Waals surface area contributed by atoms with Crippen LogP contribution in [0.15, 0.2) is 46.3 Å². The Bertz CT molecular complexity index is 1260. The summed E-state index contributed by atoms with van der Waals surface area (Å²) in [6.07, 6.45) is 0.312. The first-order valence-electron chi connectivity index (χ1n) is 10.6. The Hall–Kier alpha value is -3.46. The summed E-state index contributed by atoms with van der Waals surface area (Å²) < 4.78 is 0. The van der Waals surface area contributed by atoms with Gasteiger partial charge in [-0.3, -0.25) is 19.4 Å². The standard InChI is InChI=1S/C24H27N5O3S/c1-6-20(30)25-19-10-8-14(3)12-17(19)21-23(32)27-24(29-28-21)33-16(5)22(31)26-18-9-7-13(2)11-15(18)4/h7-12,16H,6H2,1-5H3,(H,25,30)(H,26,31)(H,27,29,32)/t16-/m1/s1. The molecular weight excluding hydrogens is 438 g/mol. The number of hydrogen-bond acceptors (Lipinski definition) is 6. The molecule has 33 heavy (non-hydrogen) atoms. The third-order valence-electron chi connectivity index (χ3n) is 5.00. The van der Waals surface area contributed by atoms with Gasteiger partial charge in [0.15, 0.2) is 10.9 Å². The van der Waals surface area contributed by atoms with Crippen LogP contribution >= 0.6 is 11.8 Å². The zero-order valence-electron chi connectivity index (χ0n) is 19.3. The zero-order chi connectivity index (χ0) is 24.1. The molecule has 2 aromatic carbocycles. The molecule has 2 amide bonds. The first-order valence-corrected chi connectivity index (χ1v) is 11.5. The fourth-order valence-electron chi connectivity index (χ4n) is 3.16. The van der Waals surface area contributed by atoms with Crippen LogP contribution < -0.4 is 16.2 Å². The molecule has 0 unspecified atom stereocenters. The molecule has 8 nitrogen and oxygen atoms in total. The van der Waals surface area contributed by atoms with Crippen molar-refractivity contribution >= 4 is 35.0 Å². The van der Waals surface area contributed by atoms with Crippen LogP contribution in [0.5, 0.6) is 0 Å². The van der Waals surface area contributed by atoms with Crippen LogP contribution in [-0.2, 0) is 9.59 Å². The molecule has 3 N–H and O–H groups in total. The van der Waals surface area contributed by atoms with E-state index in [1.165, 1.54) is 0 Å². The normalized spacial score (nSPS) is 11.7. The predicted octanol–water partition coefficient (Wildman–Crippen LogP) is 4.22. The van der Waals surface area contributed by atoms with E-state index in [-0.39, 0.29) is 22.7 Å². The SMILES string of the molecule is CCC(=O)Nc1ccc(C)cc1-c1nnc(S[C@H](C)C(=O)Nc2ccc(C)cc2C)[nH]c1=O. The Morgan fingerprint density at radius 3 is 2.30 bits per heavy atom. The molecule has 3 aromatic rings. The van der Waals surface area contributed by atoms with Gasteiger partial charge in [-0.1, -0.05) is 48.0 Å². The van der Waals surface area contributed by atoms with Crippen molar-refractivity contribution in [2.45, 2.75) is 51.4 Å². The summed E-state index contributed by atoms with van der Waals surface area (Å²) in [6.45, 7) is 9.30. The van der Waals surface area contributed by atoms with E-state index in [9.17, 15) is 14.4 Å². The number of thioether (sulfide) groups is 1. The Kier molecular flexibility index (Phi) is 7.65. The Morgan fingerprint density at radius 2 is 1.67 bits per heavy atom. The van der Waals surface area contributed by atoms with Crippen molar-refractivity contribution in [1.82, 2.24) is 15.2 Å². The number of nitrogens with zero attached hydrogens (tertiary/aromatic N) is 2. The fourth-order valence-corrected chi connectivity index (χ4v) is 3.90. The summed E-state index contributed by atoms with van der Waals surface area (Å²) in [5.74, 6) is -0.373. The van der Waals surface area contributed by atoms with Crippen molar-refractivity contribution in [3.63, 3.8) is 0 Å². The molecule has 0 spiro atoms. The molecule has 0 aliphatic rings. The molecule has 3 rings (SSSR count). The number of aromatic nitrogens is 3. The van der Waals surface area contributed by atoms with E-state index in [1.54, 1.807) is 26.0 Å². The Labute approximate surface area is 196 Å². The lowest BCUT2D eigenvalue weighted by Crippen LogP contribution is -2.24. The largest absolute Gasteiger partial charge is 0.325 e. The van der Waals surface area contributed by atoms with Crippen LogP contribution in [0.3, 0.4) is 0 Å². The Morgan fingerprint density at radius 1 is 1.00 bits per heavy atom. The van der Waals surface area contributed by atoms with Gasteiger partial charge in [-0.25, -0.2) is 0 Å². The highest BCUT2D eigenvalue weighted by Crippen LogP contribution is 2.27. The molecule has 0 saturated carbocycles. The molecule has 0 radical (unpaired) electrons. The number of H-pyrrole nitrogens is 1. The topological polar surface area (TPSA) is 117 Å². The van der Waals surface area contributed by atoms with Crippen LogP contribution in [0, 0.1) is 20.8 Å². The van der Waals surface area contributed by atoms with Crippen molar-refractivity contribution in [2.75, 3.05) is 10.6 Å². The zero-order valence-corrected chi connectivity index (χ0v) is 20.1. The maximum absolute atomic E-state index is 12.8. The molecule has 0 aliphatic heterocycles. The van der Waals surface area contributed by atoms with Crippen molar-refractivity contribution in [2.24, 2.45) is 0 Å². The van der Waals surface area contributed by atoms with E-state index in [4.69, 9.17) is 0 Å². The smallest absolute Gasteiger partial charge is 0.278 e. The van der Waals surface area contributed by atoms with Crippen LogP contribution in [-0.4, -0.2) is 32.2 Å². The second-order valence-corrected chi connectivity index (χ2v) is 9.16. The molecule has 1 heterocycles. The lowest BCUT2D eigenvalue weighted by Gasteiger charge is -2.14. The van der Waals surface area contributed by atoms with Gasteiger partial charge in [0.2, 0.25) is 11.8 Å². The van der Waals surface area contributed by atoms with Crippen molar-refractivity contribution in [1.29, 1.82) is 0 Å². The number of aryl methyl sites for hydroxylation is 3. The second kappa shape index (κ2) is 10.4. The molecule has 1 aromatic heterocycles. The second-order valence-electron chi connectivity index (χ2n) is 7.83. The van der Waals surface area contributed by atoms with Gasteiger partial charge in [-0.15, -0.1) is 10.2 Å².